The highest BCUT2D eigenvalue weighted by molar-refractivity contribution is 5.76. The monoisotopic (exact) mass is 184 g/mol. The quantitative estimate of drug-likeness (QED) is 0.667. The van der Waals surface area contributed by atoms with Crippen molar-refractivity contribution in [1.29, 1.82) is 0 Å². The third-order valence-electron chi connectivity index (χ3n) is 1.83. The molecule has 13 heavy (non-hydrogen) atoms. The number of hydrogen-bond acceptors (Lipinski definition) is 4. The molecule has 1 atom stereocenters. The molecule has 0 aliphatic rings. The molecule has 0 bridgehead atoms. The first-order valence-corrected chi connectivity index (χ1v) is 3.85. The van der Waals surface area contributed by atoms with Crippen LogP contribution in [-0.2, 0) is 14.3 Å². The van der Waals surface area contributed by atoms with E-state index in [4.69, 9.17) is 9.15 Å². The smallest absolute Gasteiger partial charge is 0.339 e. The van der Waals surface area contributed by atoms with Gasteiger partial charge in [0.25, 0.3) is 0 Å². The third-order valence-corrected chi connectivity index (χ3v) is 1.83. The van der Waals surface area contributed by atoms with E-state index in [-0.39, 0.29) is 0 Å². The van der Waals surface area contributed by atoms with Crippen LogP contribution in [0.4, 0.5) is 0 Å². The number of ether oxygens (including phenoxy) is 2. The van der Waals surface area contributed by atoms with Gasteiger partial charge in [-0.05, 0) is 13.0 Å². The maximum atomic E-state index is 11.2. The van der Waals surface area contributed by atoms with Gasteiger partial charge in [0.15, 0.2) is 6.10 Å². The second-order valence-corrected chi connectivity index (χ2v) is 2.57. The summed E-state index contributed by atoms with van der Waals surface area (Å²) < 4.78 is 14.6. The van der Waals surface area contributed by atoms with Crippen LogP contribution in [0.25, 0.3) is 0 Å². The molecule has 0 fully saturated rings. The molecule has 1 aromatic rings. The van der Waals surface area contributed by atoms with Crippen LogP contribution in [0, 0.1) is 6.92 Å². The van der Waals surface area contributed by atoms with Gasteiger partial charge in [-0.2, -0.15) is 0 Å². The van der Waals surface area contributed by atoms with Gasteiger partial charge in [-0.3, -0.25) is 0 Å². The van der Waals surface area contributed by atoms with Crippen molar-refractivity contribution in [3.05, 3.63) is 23.7 Å². The van der Waals surface area contributed by atoms with E-state index < -0.39 is 12.1 Å². The van der Waals surface area contributed by atoms with Gasteiger partial charge in [0.2, 0.25) is 0 Å². The van der Waals surface area contributed by atoms with Crippen LogP contribution in [0.3, 0.4) is 0 Å². The van der Waals surface area contributed by atoms with Gasteiger partial charge < -0.3 is 13.9 Å². The lowest BCUT2D eigenvalue weighted by Gasteiger charge is -2.11. The van der Waals surface area contributed by atoms with E-state index >= 15 is 0 Å². The predicted molar refractivity (Wildman–Crippen MR) is 45.2 cm³/mol. The zero-order valence-corrected chi connectivity index (χ0v) is 7.87. The predicted octanol–water partition coefficient (Wildman–Crippen LogP) is 1.45. The zero-order valence-electron chi connectivity index (χ0n) is 7.87. The first-order valence-electron chi connectivity index (χ1n) is 3.85. The summed E-state index contributed by atoms with van der Waals surface area (Å²) in [5.74, 6) is 0.240. The van der Waals surface area contributed by atoms with E-state index in [0.717, 1.165) is 0 Å². The highest BCUT2D eigenvalue weighted by Crippen LogP contribution is 2.22. The molecule has 0 amide bonds. The van der Waals surface area contributed by atoms with Crippen molar-refractivity contribution in [1.82, 2.24) is 0 Å². The molecule has 0 N–H and O–H groups in total. The molecular weight excluding hydrogens is 172 g/mol. The number of methoxy groups -OCH3 is 2. The van der Waals surface area contributed by atoms with Crippen molar-refractivity contribution in [2.75, 3.05) is 14.2 Å². The molecule has 0 saturated heterocycles. The summed E-state index contributed by atoms with van der Waals surface area (Å²) >= 11 is 0. The Morgan fingerprint density at radius 1 is 1.54 bits per heavy atom. The Labute approximate surface area is 76.4 Å². The van der Waals surface area contributed by atoms with Gasteiger partial charge in [-0.15, -0.1) is 0 Å². The van der Waals surface area contributed by atoms with E-state index in [1.807, 2.05) is 0 Å². The highest BCUT2D eigenvalue weighted by atomic mass is 16.6. The van der Waals surface area contributed by atoms with Crippen LogP contribution in [0.15, 0.2) is 16.7 Å². The minimum atomic E-state index is -0.691. The Morgan fingerprint density at radius 3 is 2.62 bits per heavy atom. The minimum Gasteiger partial charge on any atom is -0.469 e. The fourth-order valence-electron chi connectivity index (χ4n) is 1.12. The van der Waals surface area contributed by atoms with Gasteiger partial charge >= 0.3 is 5.97 Å². The molecule has 0 aliphatic carbocycles. The SMILES string of the molecule is COC(=O)C(OC)c1ccoc1C. The summed E-state index contributed by atoms with van der Waals surface area (Å²) in [6, 6.07) is 1.69. The van der Waals surface area contributed by atoms with E-state index in [1.54, 1.807) is 13.0 Å². The fraction of sp³-hybridized carbons (Fsp3) is 0.444. The lowest BCUT2D eigenvalue weighted by atomic mass is 10.1. The summed E-state index contributed by atoms with van der Waals surface area (Å²) in [7, 11) is 2.78. The van der Waals surface area contributed by atoms with Crippen LogP contribution < -0.4 is 0 Å². The van der Waals surface area contributed by atoms with Crippen LogP contribution in [0.2, 0.25) is 0 Å². The molecule has 1 unspecified atom stereocenters. The van der Waals surface area contributed by atoms with Gasteiger partial charge in [-0.1, -0.05) is 0 Å². The van der Waals surface area contributed by atoms with E-state index in [9.17, 15) is 4.79 Å². The number of aryl methyl sites for hydroxylation is 1. The van der Waals surface area contributed by atoms with Gasteiger partial charge in [0.1, 0.15) is 5.76 Å². The van der Waals surface area contributed by atoms with Crippen molar-refractivity contribution < 1.29 is 18.7 Å². The van der Waals surface area contributed by atoms with Crippen molar-refractivity contribution >= 4 is 5.97 Å². The Morgan fingerprint density at radius 2 is 2.23 bits per heavy atom. The second kappa shape index (κ2) is 4.09. The van der Waals surface area contributed by atoms with Crippen molar-refractivity contribution in [3.63, 3.8) is 0 Å². The molecule has 0 spiro atoms. The van der Waals surface area contributed by atoms with Crippen LogP contribution >= 0.6 is 0 Å². The van der Waals surface area contributed by atoms with Gasteiger partial charge in [0, 0.05) is 12.7 Å². The lowest BCUT2D eigenvalue weighted by Crippen LogP contribution is -2.16. The molecule has 1 rings (SSSR count). The summed E-state index contributed by atoms with van der Waals surface area (Å²) in [4.78, 5) is 11.2. The Balaban J connectivity index is 2.90. The topological polar surface area (TPSA) is 48.7 Å². The van der Waals surface area contributed by atoms with Crippen LogP contribution in [0.1, 0.15) is 17.4 Å². The van der Waals surface area contributed by atoms with Gasteiger partial charge in [0.05, 0.1) is 13.4 Å². The Bertz CT molecular complexity index is 290. The number of esters is 1. The average Bonchev–Trinajstić information content (AvgIpc) is 2.53. The van der Waals surface area contributed by atoms with Crippen molar-refractivity contribution in [2.24, 2.45) is 0 Å². The van der Waals surface area contributed by atoms with Crippen LogP contribution in [-0.4, -0.2) is 20.2 Å². The largest absolute Gasteiger partial charge is 0.469 e. The minimum absolute atomic E-state index is 0.424. The lowest BCUT2D eigenvalue weighted by molar-refractivity contribution is -0.152. The molecular formula is C9H12O4. The number of carbonyl (C=O) groups excluding carboxylic acids is 1. The average molecular weight is 184 g/mol. The molecule has 4 nitrogen and oxygen atoms in total. The molecule has 4 heteroatoms. The Kier molecular flexibility index (Phi) is 3.08. The second-order valence-electron chi connectivity index (χ2n) is 2.57. The highest BCUT2D eigenvalue weighted by Gasteiger charge is 2.23. The van der Waals surface area contributed by atoms with E-state index in [2.05, 4.69) is 4.74 Å². The summed E-state index contributed by atoms with van der Waals surface area (Å²) in [6.07, 6.45) is 0.823. The van der Waals surface area contributed by atoms with E-state index in [1.165, 1.54) is 20.5 Å². The number of hydrogen-bond donors (Lipinski definition) is 0. The normalized spacial score (nSPS) is 12.5. The fourth-order valence-corrected chi connectivity index (χ4v) is 1.12. The first-order chi connectivity index (χ1) is 6.20. The van der Waals surface area contributed by atoms with Crippen LogP contribution in [0.5, 0.6) is 0 Å². The van der Waals surface area contributed by atoms with Gasteiger partial charge in [-0.25, -0.2) is 4.79 Å². The molecule has 72 valence electrons. The number of carbonyl (C=O) groups is 1. The molecule has 0 aromatic carbocycles. The summed E-state index contributed by atoms with van der Waals surface area (Å²) in [5, 5.41) is 0. The molecule has 0 aliphatic heterocycles. The molecule has 1 heterocycles. The molecule has 0 saturated carbocycles. The summed E-state index contributed by atoms with van der Waals surface area (Å²) in [5.41, 5.74) is 0.703. The molecule has 1 aromatic heterocycles. The van der Waals surface area contributed by atoms with Crippen molar-refractivity contribution in [3.8, 4) is 0 Å². The third kappa shape index (κ3) is 1.89. The number of furan rings is 1. The standard InChI is InChI=1S/C9H12O4/c1-6-7(4-5-13-6)8(11-2)9(10)12-3/h4-5,8H,1-3H3. The maximum Gasteiger partial charge on any atom is 0.339 e. The summed E-state index contributed by atoms with van der Waals surface area (Å²) in [6.45, 7) is 1.77. The van der Waals surface area contributed by atoms with E-state index in [0.29, 0.717) is 11.3 Å². The number of rotatable bonds is 3. The maximum absolute atomic E-state index is 11.2. The molecule has 0 radical (unpaired) electrons. The van der Waals surface area contributed by atoms with Crippen molar-refractivity contribution in [2.45, 2.75) is 13.0 Å². The zero-order chi connectivity index (χ0) is 9.84. The Hall–Kier alpha value is -1.29. The first kappa shape index (κ1) is 9.80.